The number of thioether (sulfide) groups is 1. The number of hydrogen-bond acceptors (Lipinski definition) is 5. The van der Waals surface area contributed by atoms with Gasteiger partial charge in [-0.2, -0.15) is 0 Å². The number of likely N-dealkylation sites (tertiary alicyclic amines) is 1. The van der Waals surface area contributed by atoms with Crippen LogP contribution in [0.4, 0.5) is 4.39 Å². The van der Waals surface area contributed by atoms with Crippen LogP contribution in [0.3, 0.4) is 0 Å². The van der Waals surface area contributed by atoms with Crippen LogP contribution in [-0.2, 0) is 4.79 Å². The van der Waals surface area contributed by atoms with Gasteiger partial charge >= 0.3 is 0 Å². The molecule has 3 rings (SSSR count). The van der Waals surface area contributed by atoms with E-state index in [0.29, 0.717) is 16.7 Å². The Balaban J connectivity index is 1.63. The maximum atomic E-state index is 13.0. The minimum absolute atomic E-state index is 0.114. The van der Waals surface area contributed by atoms with Crippen molar-refractivity contribution < 1.29 is 13.6 Å². The number of rotatable bonds is 4. The number of carbonyl (C=O) groups is 1. The molecule has 0 N–H and O–H groups in total. The van der Waals surface area contributed by atoms with Gasteiger partial charge in [0.2, 0.25) is 11.8 Å². The first kappa shape index (κ1) is 17.0. The van der Waals surface area contributed by atoms with Gasteiger partial charge in [-0.15, -0.1) is 10.2 Å². The molecule has 1 aromatic carbocycles. The number of carbonyl (C=O) groups excluding carboxylic acids is 1. The average Bonchev–Trinajstić information content (AvgIpc) is 2.88. The molecule has 2 aromatic rings. The Bertz CT molecular complexity index is 681. The summed E-state index contributed by atoms with van der Waals surface area (Å²) < 4.78 is 18.6. The van der Waals surface area contributed by atoms with Gasteiger partial charge in [-0.1, -0.05) is 24.6 Å². The Labute approximate surface area is 144 Å². The first-order valence-electron chi connectivity index (χ1n) is 8.18. The topological polar surface area (TPSA) is 59.2 Å². The quantitative estimate of drug-likeness (QED) is 0.787. The number of nitrogens with zero attached hydrogens (tertiary/aromatic N) is 3. The molecular formula is C17H20FN3O2S. The Hall–Kier alpha value is -1.89. The molecule has 0 unspecified atom stereocenters. The highest BCUT2D eigenvalue weighted by Gasteiger charge is 2.24. The monoisotopic (exact) mass is 349 g/mol. The highest BCUT2D eigenvalue weighted by Crippen LogP contribution is 2.27. The second-order valence-electron chi connectivity index (χ2n) is 5.88. The van der Waals surface area contributed by atoms with Crippen molar-refractivity contribution in [2.75, 3.05) is 13.1 Å². The molecule has 24 heavy (non-hydrogen) atoms. The van der Waals surface area contributed by atoms with Gasteiger partial charge in [-0.25, -0.2) is 4.39 Å². The van der Waals surface area contributed by atoms with Crippen LogP contribution in [0.2, 0.25) is 0 Å². The highest BCUT2D eigenvalue weighted by atomic mass is 32.2. The molecule has 128 valence electrons. The van der Waals surface area contributed by atoms with E-state index in [2.05, 4.69) is 10.2 Å². The average molecular weight is 349 g/mol. The summed E-state index contributed by atoms with van der Waals surface area (Å²) in [4.78, 5) is 14.5. The largest absolute Gasteiger partial charge is 0.411 e. The molecule has 1 fully saturated rings. The van der Waals surface area contributed by atoms with Crippen LogP contribution in [-0.4, -0.2) is 39.3 Å². The van der Waals surface area contributed by atoms with Crippen LogP contribution >= 0.6 is 11.8 Å². The molecule has 1 saturated heterocycles. The molecule has 0 spiro atoms. The van der Waals surface area contributed by atoms with Crippen LogP contribution in [0, 0.1) is 5.82 Å². The highest BCUT2D eigenvalue weighted by molar-refractivity contribution is 8.00. The predicted octanol–water partition coefficient (Wildman–Crippen LogP) is 3.76. The van der Waals surface area contributed by atoms with Gasteiger partial charge in [0, 0.05) is 18.7 Å². The molecule has 1 aromatic heterocycles. The molecule has 0 bridgehead atoms. The lowest BCUT2D eigenvalue weighted by Gasteiger charge is -2.23. The number of hydrogen-bond donors (Lipinski definition) is 0. The van der Waals surface area contributed by atoms with Crippen molar-refractivity contribution in [1.29, 1.82) is 0 Å². The fourth-order valence-corrected chi connectivity index (χ4v) is 3.48. The Morgan fingerprint density at radius 2 is 1.83 bits per heavy atom. The molecule has 0 saturated carbocycles. The normalized spacial score (nSPS) is 16.7. The molecule has 1 atom stereocenters. The lowest BCUT2D eigenvalue weighted by Crippen LogP contribution is -2.37. The molecule has 5 nitrogen and oxygen atoms in total. The van der Waals surface area contributed by atoms with E-state index in [4.69, 9.17) is 4.42 Å². The maximum Gasteiger partial charge on any atom is 0.277 e. The summed E-state index contributed by atoms with van der Waals surface area (Å²) in [6.07, 6.45) is 4.52. The molecule has 7 heteroatoms. The molecule has 1 aliphatic rings. The van der Waals surface area contributed by atoms with E-state index >= 15 is 0 Å². The fraction of sp³-hybridized carbons (Fsp3) is 0.471. The van der Waals surface area contributed by atoms with Crippen molar-refractivity contribution in [2.24, 2.45) is 0 Å². The third kappa shape index (κ3) is 4.14. The summed E-state index contributed by atoms with van der Waals surface area (Å²) >= 11 is 1.27. The van der Waals surface area contributed by atoms with E-state index in [1.54, 1.807) is 12.1 Å². The number of amides is 1. The Morgan fingerprint density at radius 3 is 2.50 bits per heavy atom. The number of aromatic nitrogens is 2. The summed E-state index contributed by atoms with van der Waals surface area (Å²) in [6.45, 7) is 3.52. The lowest BCUT2D eigenvalue weighted by molar-refractivity contribution is -0.130. The van der Waals surface area contributed by atoms with Crippen LogP contribution in [0.15, 0.2) is 33.9 Å². The predicted molar refractivity (Wildman–Crippen MR) is 90.1 cm³/mol. The summed E-state index contributed by atoms with van der Waals surface area (Å²) in [6, 6.07) is 5.86. The Kier molecular flexibility index (Phi) is 5.50. The zero-order valence-corrected chi connectivity index (χ0v) is 14.4. The van der Waals surface area contributed by atoms with Crippen molar-refractivity contribution in [2.45, 2.75) is 43.1 Å². The minimum Gasteiger partial charge on any atom is -0.411 e. The number of benzene rings is 1. The van der Waals surface area contributed by atoms with Crippen molar-refractivity contribution >= 4 is 17.7 Å². The van der Waals surface area contributed by atoms with Crippen molar-refractivity contribution in [3.63, 3.8) is 0 Å². The van der Waals surface area contributed by atoms with E-state index < -0.39 is 0 Å². The van der Waals surface area contributed by atoms with Gasteiger partial charge < -0.3 is 9.32 Å². The zero-order valence-electron chi connectivity index (χ0n) is 13.6. The third-order valence-corrected chi connectivity index (χ3v) is 4.96. The molecular weight excluding hydrogens is 329 g/mol. The first-order chi connectivity index (χ1) is 11.6. The first-order valence-corrected chi connectivity index (χ1v) is 9.06. The van der Waals surface area contributed by atoms with Gasteiger partial charge in [0.1, 0.15) is 5.82 Å². The lowest BCUT2D eigenvalue weighted by atomic mass is 10.2. The van der Waals surface area contributed by atoms with Gasteiger partial charge in [0.05, 0.1) is 5.25 Å². The minimum atomic E-state index is -0.315. The van der Waals surface area contributed by atoms with Gasteiger partial charge in [0.25, 0.3) is 5.22 Å². The zero-order chi connectivity index (χ0) is 16.9. The summed E-state index contributed by atoms with van der Waals surface area (Å²) in [5, 5.41) is 8.03. The number of halogens is 1. The van der Waals surface area contributed by atoms with E-state index in [1.807, 2.05) is 11.8 Å². The maximum absolute atomic E-state index is 13.0. The van der Waals surface area contributed by atoms with Crippen molar-refractivity contribution in [3.8, 4) is 11.5 Å². The van der Waals surface area contributed by atoms with Gasteiger partial charge in [-0.05, 0) is 44.0 Å². The van der Waals surface area contributed by atoms with Gasteiger partial charge in [-0.3, -0.25) is 4.79 Å². The Morgan fingerprint density at radius 1 is 1.17 bits per heavy atom. The van der Waals surface area contributed by atoms with Crippen LogP contribution in [0.5, 0.6) is 0 Å². The fourth-order valence-electron chi connectivity index (χ4n) is 2.72. The van der Waals surface area contributed by atoms with E-state index in [9.17, 15) is 9.18 Å². The SMILES string of the molecule is C[C@@H](Sc1nnc(-c2ccc(F)cc2)o1)C(=O)N1CCCCCC1. The van der Waals surface area contributed by atoms with Gasteiger partial charge in [0.15, 0.2) is 0 Å². The second kappa shape index (κ2) is 7.79. The summed E-state index contributed by atoms with van der Waals surface area (Å²) in [5.41, 5.74) is 0.655. The van der Waals surface area contributed by atoms with Crippen LogP contribution in [0.25, 0.3) is 11.5 Å². The second-order valence-corrected chi connectivity index (χ2v) is 7.17. The molecule has 0 radical (unpaired) electrons. The standard InChI is InChI=1S/C17H20FN3O2S/c1-12(16(22)21-10-4-2-3-5-11-21)24-17-20-19-15(23-17)13-6-8-14(18)9-7-13/h6-9,12H,2-5,10-11H2,1H3/t12-/m1/s1. The molecule has 0 aliphatic carbocycles. The van der Waals surface area contributed by atoms with E-state index in [-0.39, 0.29) is 17.0 Å². The third-order valence-electron chi connectivity index (χ3n) is 4.04. The van der Waals surface area contributed by atoms with Crippen LogP contribution in [0.1, 0.15) is 32.6 Å². The van der Waals surface area contributed by atoms with E-state index in [0.717, 1.165) is 25.9 Å². The van der Waals surface area contributed by atoms with Crippen molar-refractivity contribution in [1.82, 2.24) is 15.1 Å². The van der Waals surface area contributed by atoms with Crippen molar-refractivity contribution in [3.05, 3.63) is 30.1 Å². The molecule has 1 aliphatic heterocycles. The summed E-state index contributed by atoms with van der Waals surface area (Å²) in [7, 11) is 0. The van der Waals surface area contributed by atoms with E-state index in [1.165, 1.54) is 36.7 Å². The smallest absolute Gasteiger partial charge is 0.277 e. The summed E-state index contributed by atoms with van der Waals surface area (Å²) in [5.74, 6) is 0.125. The molecule has 2 heterocycles. The molecule has 1 amide bonds. The van der Waals surface area contributed by atoms with Crippen LogP contribution < -0.4 is 0 Å².